The highest BCUT2D eigenvalue weighted by Gasteiger charge is 2.22. The van der Waals surface area contributed by atoms with Gasteiger partial charge in [-0.15, -0.1) is 11.3 Å². The van der Waals surface area contributed by atoms with Gasteiger partial charge in [0, 0.05) is 11.5 Å². The van der Waals surface area contributed by atoms with E-state index in [1.165, 1.54) is 6.07 Å². The molecule has 0 radical (unpaired) electrons. The predicted molar refractivity (Wildman–Crippen MR) is 62.8 cm³/mol. The first-order valence-electron chi connectivity index (χ1n) is 5.06. The van der Waals surface area contributed by atoms with E-state index in [1.54, 1.807) is 13.8 Å². The first kappa shape index (κ1) is 12.0. The Kier molecular flexibility index (Phi) is 2.87. The van der Waals surface area contributed by atoms with E-state index in [4.69, 9.17) is 5.11 Å². The van der Waals surface area contributed by atoms with Crippen LogP contribution >= 0.6 is 11.3 Å². The van der Waals surface area contributed by atoms with Crippen LogP contribution in [0.15, 0.2) is 12.1 Å². The van der Waals surface area contributed by atoms with Gasteiger partial charge in [0.25, 0.3) is 0 Å². The predicted octanol–water partition coefficient (Wildman–Crippen LogP) is 4.00. The van der Waals surface area contributed by atoms with Crippen molar-refractivity contribution >= 4 is 27.4 Å². The Labute approximate surface area is 101 Å². The highest BCUT2D eigenvalue weighted by molar-refractivity contribution is 7.21. The summed E-state index contributed by atoms with van der Waals surface area (Å²) < 4.78 is 26.9. The van der Waals surface area contributed by atoms with E-state index in [0.29, 0.717) is 10.9 Å². The summed E-state index contributed by atoms with van der Waals surface area (Å²) in [7, 11) is 0. The molecule has 0 aliphatic carbocycles. The molecule has 1 N–H and O–H groups in total. The number of carboxylic acids is 1. The maximum absolute atomic E-state index is 13.5. The van der Waals surface area contributed by atoms with Crippen LogP contribution in [0.5, 0.6) is 0 Å². The third-order valence-corrected chi connectivity index (χ3v) is 3.74. The molecule has 90 valence electrons. The fourth-order valence-electron chi connectivity index (χ4n) is 1.88. The summed E-state index contributed by atoms with van der Waals surface area (Å²) in [5.41, 5.74) is 0.496. The number of benzene rings is 1. The standard InChI is InChI=1S/C12H10F2O2S/c1-5(2)9-7-3-6(13)4-8(14)10(7)17-11(9)12(15)16/h3-5H,1-2H3,(H,15,16). The monoisotopic (exact) mass is 256 g/mol. The number of fused-ring (bicyclic) bond motifs is 1. The van der Waals surface area contributed by atoms with E-state index in [-0.39, 0.29) is 15.5 Å². The summed E-state index contributed by atoms with van der Waals surface area (Å²) in [6.07, 6.45) is 0. The SMILES string of the molecule is CC(C)c1c(C(=O)O)sc2c(F)cc(F)cc12. The minimum Gasteiger partial charge on any atom is -0.477 e. The number of hydrogen-bond acceptors (Lipinski definition) is 2. The lowest BCUT2D eigenvalue weighted by atomic mass is 9.99. The molecular formula is C12H10F2O2S. The molecule has 0 saturated carbocycles. The highest BCUT2D eigenvalue weighted by atomic mass is 32.1. The van der Waals surface area contributed by atoms with E-state index >= 15 is 0 Å². The molecule has 0 fully saturated rings. The number of carboxylic acid groups (broad SMARTS) is 1. The van der Waals surface area contributed by atoms with Crippen LogP contribution in [0.4, 0.5) is 8.78 Å². The first-order valence-corrected chi connectivity index (χ1v) is 5.88. The van der Waals surface area contributed by atoms with Crippen molar-refractivity contribution in [1.29, 1.82) is 0 Å². The molecule has 0 atom stereocenters. The number of thiophene rings is 1. The van der Waals surface area contributed by atoms with Gasteiger partial charge in [0.1, 0.15) is 16.5 Å². The van der Waals surface area contributed by atoms with Crippen LogP contribution in [0, 0.1) is 11.6 Å². The van der Waals surface area contributed by atoms with Gasteiger partial charge >= 0.3 is 5.97 Å². The number of carbonyl (C=O) groups is 1. The lowest BCUT2D eigenvalue weighted by Crippen LogP contribution is -1.99. The first-order chi connectivity index (χ1) is 7.91. The average molecular weight is 256 g/mol. The fraction of sp³-hybridized carbons (Fsp3) is 0.250. The van der Waals surface area contributed by atoms with Crippen LogP contribution < -0.4 is 0 Å². The Balaban J connectivity index is 2.90. The molecule has 2 aromatic rings. The summed E-state index contributed by atoms with van der Waals surface area (Å²) >= 11 is 0.854. The second kappa shape index (κ2) is 4.07. The lowest BCUT2D eigenvalue weighted by Gasteiger charge is -2.05. The summed E-state index contributed by atoms with van der Waals surface area (Å²) in [5, 5.41) is 9.43. The fourth-order valence-corrected chi connectivity index (χ4v) is 3.06. The van der Waals surface area contributed by atoms with E-state index in [2.05, 4.69) is 0 Å². The summed E-state index contributed by atoms with van der Waals surface area (Å²) in [6, 6.07) is 1.96. The molecule has 0 saturated heterocycles. The third-order valence-electron chi connectivity index (χ3n) is 2.52. The van der Waals surface area contributed by atoms with Gasteiger partial charge in [-0.25, -0.2) is 13.6 Å². The van der Waals surface area contributed by atoms with Crippen LogP contribution in [-0.4, -0.2) is 11.1 Å². The molecule has 0 aliphatic heterocycles. The van der Waals surface area contributed by atoms with Crippen molar-refractivity contribution < 1.29 is 18.7 Å². The summed E-state index contributed by atoms with van der Waals surface area (Å²) in [4.78, 5) is 11.2. The maximum Gasteiger partial charge on any atom is 0.346 e. The van der Waals surface area contributed by atoms with Crippen molar-refractivity contribution in [3.63, 3.8) is 0 Å². The average Bonchev–Trinajstić information content (AvgIpc) is 2.56. The second-order valence-corrected chi connectivity index (χ2v) is 5.09. The lowest BCUT2D eigenvalue weighted by molar-refractivity contribution is 0.0701. The van der Waals surface area contributed by atoms with Gasteiger partial charge in [0.2, 0.25) is 0 Å². The zero-order chi connectivity index (χ0) is 12.7. The Morgan fingerprint density at radius 3 is 2.53 bits per heavy atom. The maximum atomic E-state index is 13.5. The Morgan fingerprint density at radius 1 is 1.35 bits per heavy atom. The van der Waals surface area contributed by atoms with Gasteiger partial charge in [-0.3, -0.25) is 0 Å². The quantitative estimate of drug-likeness (QED) is 0.881. The number of hydrogen-bond donors (Lipinski definition) is 1. The molecule has 0 unspecified atom stereocenters. The number of aromatic carboxylic acids is 1. The van der Waals surface area contributed by atoms with Gasteiger partial charge in [0.15, 0.2) is 0 Å². The second-order valence-electron chi connectivity index (χ2n) is 4.07. The van der Waals surface area contributed by atoms with Gasteiger partial charge in [-0.1, -0.05) is 13.8 Å². The molecule has 0 amide bonds. The topological polar surface area (TPSA) is 37.3 Å². The number of halogens is 2. The van der Waals surface area contributed by atoms with Crippen LogP contribution in [0.25, 0.3) is 10.1 Å². The Morgan fingerprint density at radius 2 is 2.00 bits per heavy atom. The van der Waals surface area contributed by atoms with Gasteiger partial charge in [0.05, 0.1) is 4.70 Å². The summed E-state index contributed by atoms with van der Waals surface area (Å²) in [6.45, 7) is 3.60. The largest absolute Gasteiger partial charge is 0.477 e. The van der Waals surface area contributed by atoms with E-state index in [9.17, 15) is 13.6 Å². The molecule has 0 aliphatic rings. The zero-order valence-electron chi connectivity index (χ0n) is 9.25. The van der Waals surface area contributed by atoms with E-state index < -0.39 is 17.6 Å². The molecule has 5 heteroatoms. The molecule has 0 bridgehead atoms. The third kappa shape index (κ3) is 1.91. The van der Waals surface area contributed by atoms with Gasteiger partial charge in [-0.2, -0.15) is 0 Å². The molecule has 2 rings (SSSR count). The van der Waals surface area contributed by atoms with Crippen molar-refractivity contribution in [2.75, 3.05) is 0 Å². The molecule has 0 spiro atoms. The summed E-state index contributed by atoms with van der Waals surface area (Å²) in [5.74, 6) is -2.60. The van der Waals surface area contributed by atoms with Crippen LogP contribution in [0.1, 0.15) is 35.0 Å². The number of rotatable bonds is 2. The van der Waals surface area contributed by atoms with Crippen molar-refractivity contribution in [2.45, 2.75) is 19.8 Å². The van der Waals surface area contributed by atoms with Crippen LogP contribution in [-0.2, 0) is 0 Å². The van der Waals surface area contributed by atoms with Crippen molar-refractivity contribution in [3.8, 4) is 0 Å². The molecule has 1 aromatic carbocycles. The Bertz CT molecular complexity index is 602. The van der Waals surface area contributed by atoms with Gasteiger partial charge in [-0.05, 0) is 17.5 Å². The zero-order valence-corrected chi connectivity index (χ0v) is 10.1. The molecule has 1 heterocycles. The molecule has 1 aromatic heterocycles. The normalized spacial score (nSPS) is 11.4. The van der Waals surface area contributed by atoms with E-state index in [0.717, 1.165) is 17.4 Å². The van der Waals surface area contributed by atoms with Gasteiger partial charge < -0.3 is 5.11 Å². The Hall–Kier alpha value is -1.49. The molecule has 17 heavy (non-hydrogen) atoms. The van der Waals surface area contributed by atoms with Crippen molar-refractivity contribution in [1.82, 2.24) is 0 Å². The van der Waals surface area contributed by atoms with Crippen molar-refractivity contribution in [3.05, 3.63) is 34.2 Å². The minimum absolute atomic E-state index is 0.0829. The van der Waals surface area contributed by atoms with Crippen LogP contribution in [0.2, 0.25) is 0 Å². The smallest absolute Gasteiger partial charge is 0.346 e. The highest BCUT2D eigenvalue weighted by Crippen LogP contribution is 2.37. The van der Waals surface area contributed by atoms with E-state index in [1.807, 2.05) is 0 Å². The minimum atomic E-state index is -1.10. The van der Waals surface area contributed by atoms with Crippen molar-refractivity contribution in [2.24, 2.45) is 0 Å². The molecular weight excluding hydrogens is 246 g/mol. The molecule has 2 nitrogen and oxygen atoms in total. The van der Waals surface area contributed by atoms with Crippen LogP contribution in [0.3, 0.4) is 0 Å².